The van der Waals surface area contributed by atoms with Crippen LogP contribution in [-0.4, -0.2) is 19.0 Å². The second-order valence-electron chi connectivity index (χ2n) is 6.36. The first-order valence-corrected chi connectivity index (χ1v) is 8.02. The van der Waals surface area contributed by atoms with E-state index >= 15 is 0 Å². The molecule has 0 bridgehead atoms. The van der Waals surface area contributed by atoms with Crippen molar-refractivity contribution in [1.82, 2.24) is 0 Å². The third-order valence-electron chi connectivity index (χ3n) is 4.51. The Morgan fingerprint density at radius 1 is 1.09 bits per heavy atom. The number of aryl methyl sites for hydroxylation is 1. The van der Waals surface area contributed by atoms with Gasteiger partial charge in [0.15, 0.2) is 0 Å². The van der Waals surface area contributed by atoms with Gasteiger partial charge >= 0.3 is 0 Å². The molecule has 2 atom stereocenters. The molecule has 2 aromatic carbocycles. The van der Waals surface area contributed by atoms with Crippen LogP contribution in [0.25, 0.3) is 0 Å². The van der Waals surface area contributed by atoms with Crippen LogP contribution in [0.1, 0.15) is 29.0 Å². The van der Waals surface area contributed by atoms with Gasteiger partial charge < -0.3 is 4.74 Å². The smallest absolute Gasteiger partial charge is 0.137 e. The van der Waals surface area contributed by atoms with Crippen molar-refractivity contribution in [3.8, 4) is 0 Å². The van der Waals surface area contributed by atoms with Crippen LogP contribution in [0.3, 0.4) is 0 Å². The molecule has 0 saturated carbocycles. The molecule has 0 N–H and O–H groups in total. The predicted molar refractivity (Wildman–Crippen MR) is 88.0 cm³/mol. The monoisotopic (exact) mass is 312 g/mol. The fraction of sp³-hybridized carbons (Fsp3) is 0.350. The summed E-state index contributed by atoms with van der Waals surface area (Å²) >= 11 is 0. The van der Waals surface area contributed by atoms with Gasteiger partial charge in [-0.05, 0) is 36.1 Å². The molecule has 0 aliphatic carbocycles. The Balaban J connectivity index is 1.62. The Kier molecular flexibility index (Phi) is 4.87. The molecule has 0 aromatic heterocycles. The van der Waals surface area contributed by atoms with Crippen LogP contribution in [-0.2, 0) is 16.0 Å². The summed E-state index contributed by atoms with van der Waals surface area (Å²) in [6, 6.07) is 14.6. The standard InChI is InChI=1S/C20H21FO2/c1-14-2-6-16(7-3-14)20-13-23-12-17(20)11-19(22)10-15-4-8-18(21)9-5-15/h2-9,17,20H,10-13H2,1H3/t17?,20-/m0/s1. The second-order valence-corrected chi connectivity index (χ2v) is 6.36. The van der Waals surface area contributed by atoms with Gasteiger partial charge in [-0.1, -0.05) is 42.0 Å². The predicted octanol–water partition coefficient (Wildman–Crippen LogP) is 4.07. The lowest BCUT2D eigenvalue weighted by molar-refractivity contribution is -0.119. The zero-order valence-corrected chi connectivity index (χ0v) is 13.3. The van der Waals surface area contributed by atoms with Crippen LogP contribution in [0, 0.1) is 18.7 Å². The van der Waals surface area contributed by atoms with Gasteiger partial charge in [0.1, 0.15) is 11.6 Å². The summed E-state index contributed by atoms with van der Waals surface area (Å²) in [4.78, 5) is 12.3. The van der Waals surface area contributed by atoms with E-state index in [2.05, 4.69) is 31.2 Å². The third kappa shape index (κ3) is 4.05. The van der Waals surface area contributed by atoms with Crippen LogP contribution in [0.4, 0.5) is 4.39 Å². The average Bonchev–Trinajstić information content (AvgIpc) is 2.98. The molecular formula is C20H21FO2. The Labute approximate surface area is 136 Å². The number of carbonyl (C=O) groups is 1. The van der Waals surface area contributed by atoms with E-state index in [1.165, 1.54) is 23.3 Å². The van der Waals surface area contributed by atoms with Gasteiger partial charge in [0.05, 0.1) is 13.2 Å². The summed E-state index contributed by atoms with van der Waals surface area (Å²) in [5.74, 6) is 0.424. The Morgan fingerprint density at radius 3 is 2.48 bits per heavy atom. The molecule has 1 aliphatic rings. The van der Waals surface area contributed by atoms with Crippen molar-refractivity contribution >= 4 is 5.78 Å². The molecule has 1 aliphatic heterocycles. The van der Waals surface area contributed by atoms with Crippen molar-refractivity contribution in [1.29, 1.82) is 0 Å². The van der Waals surface area contributed by atoms with E-state index in [4.69, 9.17) is 4.74 Å². The summed E-state index contributed by atoms with van der Waals surface area (Å²) in [7, 11) is 0. The Morgan fingerprint density at radius 2 is 1.78 bits per heavy atom. The molecule has 3 rings (SSSR count). The van der Waals surface area contributed by atoms with Crippen molar-refractivity contribution < 1.29 is 13.9 Å². The lowest BCUT2D eigenvalue weighted by Crippen LogP contribution is -2.16. The van der Waals surface area contributed by atoms with E-state index < -0.39 is 0 Å². The topological polar surface area (TPSA) is 26.3 Å². The number of ether oxygens (including phenoxy) is 1. The number of benzene rings is 2. The highest BCUT2D eigenvalue weighted by molar-refractivity contribution is 5.81. The van der Waals surface area contributed by atoms with Crippen molar-refractivity contribution in [3.05, 3.63) is 71.0 Å². The van der Waals surface area contributed by atoms with Gasteiger partial charge in [-0.3, -0.25) is 4.79 Å². The van der Waals surface area contributed by atoms with Crippen molar-refractivity contribution in [2.45, 2.75) is 25.7 Å². The molecule has 0 spiro atoms. The van der Waals surface area contributed by atoms with Crippen molar-refractivity contribution in [2.24, 2.45) is 5.92 Å². The summed E-state index contributed by atoms with van der Waals surface area (Å²) in [5.41, 5.74) is 3.34. The van der Waals surface area contributed by atoms with Crippen LogP contribution in [0.15, 0.2) is 48.5 Å². The maximum atomic E-state index is 12.9. The SMILES string of the molecule is Cc1ccc([C@@H]2COCC2CC(=O)Cc2ccc(F)cc2)cc1. The fourth-order valence-electron chi connectivity index (χ4n) is 3.18. The van der Waals surface area contributed by atoms with Gasteiger partial charge in [-0.15, -0.1) is 0 Å². The summed E-state index contributed by atoms with van der Waals surface area (Å²) in [6.45, 7) is 3.38. The Bertz CT molecular complexity index is 661. The number of hydrogen-bond acceptors (Lipinski definition) is 2. The first-order chi connectivity index (χ1) is 11.1. The molecule has 3 heteroatoms. The summed E-state index contributed by atoms with van der Waals surface area (Å²) in [5, 5.41) is 0. The minimum absolute atomic E-state index is 0.184. The molecule has 0 radical (unpaired) electrons. The molecule has 1 saturated heterocycles. The molecule has 120 valence electrons. The van der Waals surface area contributed by atoms with E-state index in [9.17, 15) is 9.18 Å². The lowest BCUT2D eigenvalue weighted by Gasteiger charge is -2.17. The van der Waals surface area contributed by atoms with E-state index in [1.807, 2.05) is 0 Å². The maximum absolute atomic E-state index is 12.9. The van der Waals surface area contributed by atoms with Gasteiger partial charge in [-0.25, -0.2) is 4.39 Å². The normalized spacial score (nSPS) is 20.6. The minimum Gasteiger partial charge on any atom is -0.380 e. The number of ketones is 1. The molecule has 23 heavy (non-hydrogen) atoms. The van der Waals surface area contributed by atoms with Crippen LogP contribution >= 0.6 is 0 Å². The van der Waals surface area contributed by atoms with Gasteiger partial charge in [0, 0.05) is 18.8 Å². The molecule has 2 aromatic rings. The number of carbonyl (C=O) groups excluding carboxylic acids is 1. The summed E-state index contributed by atoms with van der Waals surface area (Å²) in [6.07, 6.45) is 0.868. The third-order valence-corrected chi connectivity index (χ3v) is 4.51. The van der Waals surface area contributed by atoms with E-state index in [0.29, 0.717) is 26.1 Å². The number of Topliss-reactive ketones (excluding diaryl/α,β-unsaturated/α-hetero) is 1. The van der Waals surface area contributed by atoms with Crippen molar-refractivity contribution in [2.75, 3.05) is 13.2 Å². The number of rotatable bonds is 5. The molecular weight excluding hydrogens is 291 g/mol. The van der Waals surface area contributed by atoms with Gasteiger partial charge in [0.25, 0.3) is 0 Å². The highest BCUT2D eigenvalue weighted by Gasteiger charge is 2.31. The quantitative estimate of drug-likeness (QED) is 0.832. The molecule has 1 unspecified atom stereocenters. The van der Waals surface area contributed by atoms with E-state index in [-0.39, 0.29) is 23.4 Å². The van der Waals surface area contributed by atoms with Crippen LogP contribution in [0.2, 0.25) is 0 Å². The van der Waals surface area contributed by atoms with Crippen LogP contribution < -0.4 is 0 Å². The van der Waals surface area contributed by atoms with Crippen LogP contribution in [0.5, 0.6) is 0 Å². The first kappa shape index (κ1) is 15.9. The lowest BCUT2D eigenvalue weighted by atomic mass is 9.84. The molecule has 2 nitrogen and oxygen atoms in total. The fourth-order valence-corrected chi connectivity index (χ4v) is 3.18. The first-order valence-electron chi connectivity index (χ1n) is 8.02. The van der Waals surface area contributed by atoms with Gasteiger partial charge in [-0.2, -0.15) is 0 Å². The maximum Gasteiger partial charge on any atom is 0.137 e. The van der Waals surface area contributed by atoms with E-state index in [1.54, 1.807) is 12.1 Å². The molecule has 1 heterocycles. The Hall–Kier alpha value is -2.00. The zero-order valence-electron chi connectivity index (χ0n) is 13.3. The van der Waals surface area contributed by atoms with Gasteiger partial charge in [0.2, 0.25) is 0 Å². The number of hydrogen-bond donors (Lipinski definition) is 0. The highest BCUT2D eigenvalue weighted by atomic mass is 19.1. The largest absolute Gasteiger partial charge is 0.380 e. The minimum atomic E-state index is -0.273. The van der Waals surface area contributed by atoms with E-state index in [0.717, 1.165) is 5.56 Å². The average molecular weight is 312 g/mol. The molecule has 1 fully saturated rings. The second kappa shape index (κ2) is 7.05. The summed E-state index contributed by atoms with van der Waals surface area (Å²) < 4.78 is 18.5. The molecule has 0 amide bonds. The highest BCUT2D eigenvalue weighted by Crippen LogP contribution is 2.33. The van der Waals surface area contributed by atoms with Crippen molar-refractivity contribution in [3.63, 3.8) is 0 Å². The zero-order chi connectivity index (χ0) is 16.2. The number of halogens is 1.